The molecule has 4 heteroatoms. The van der Waals surface area contributed by atoms with Crippen LogP contribution in [-0.4, -0.2) is 43.5 Å². The van der Waals surface area contributed by atoms with Gasteiger partial charge in [-0.3, -0.25) is 4.90 Å². The summed E-state index contributed by atoms with van der Waals surface area (Å²) in [4.78, 5) is 2.49. The monoisotopic (exact) mass is 305 g/mol. The van der Waals surface area contributed by atoms with E-state index in [1.807, 2.05) is 24.3 Å². The van der Waals surface area contributed by atoms with Crippen molar-refractivity contribution in [1.82, 2.24) is 4.90 Å². The van der Waals surface area contributed by atoms with Crippen molar-refractivity contribution in [3.05, 3.63) is 24.3 Å². The van der Waals surface area contributed by atoms with E-state index in [4.69, 9.17) is 14.2 Å². The van der Waals surface area contributed by atoms with Crippen LogP contribution >= 0.6 is 0 Å². The molecule has 2 unspecified atom stereocenters. The number of nitrogens with zero attached hydrogens (tertiary/aromatic N) is 1. The first-order chi connectivity index (χ1) is 10.7. The van der Waals surface area contributed by atoms with Gasteiger partial charge >= 0.3 is 0 Å². The minimum atomic E-state index is -0.115. The summed E-state index contributed by atoms with van der Waals surface area (Å²) < 4.78 is 17.4. The van der Waals surface area contributed by atoms with Crippen molar-refractivity contribution >= 4 is 0 Å². The molecule has 2 fully saturated rings. The minimum absolute atomic E-state index is 0.115. The van der Waals surface area contributed by atoms with E-state index in [1.165, 1.54) is 19.4 Å². The summed E-state index contributed by atoms with van der Waals surface area (Å²) in [5.74, 6) is 2.27. The number of benzene rings is 1. The second kappa shape index (κ2) is 7.34. The Balaban J connectivity index is 1.46. The summed E-state index contributed by atoms with van der Waals surface area (Å²) in [5, 5.41) is 0. The van der Waals surface area contributed by atoms with Crippen LogP contribution in [0.5, 0.6) is 11.5 Å². The molecule has 0 saturated carbocycles. The van der Waals surface area contributed by atoms with Crippen LogP contribution in [0.15, 0.2) is 24.3 Å². The third-order valence-corrected chi connectivity index (χ3v) is 4.57. The van der Waals surface area contributed by atoms with Gasteiger partial charge in [-0.05, 0) is 44.4 Å². The quantitative estimate of drug-likeness (QED) is 0.807. The van der Waals surface area contributed by atoms with E-state index in [2.05, 4.69) is 18.7 Å². The third-order valence-electron chi connectivity index (χ3n) is 4.57. The van der Waals surface area contributed by atoms with Crippen LogP contribution < -0.4 is 9.47 Å². The first kappa shape index (κ1) is 15.6. The van der Waals surface area contributed by atoms with Crippen molar-refractivity contribution in [3.63, 3.8) is 0 Å². The SMILES string of the molecule is CC1CCCN1CCOc1cccc(OC2C[C@@H](C)CO2)c1. The Morgan fingerprint density at radius 3 is 2.86 bits per heavy atom. The third kappa shape index (κ3) is 4.14. The topological polar surface area (TPSA) is 30.9 Å². The second-order valence-corrected chi connectivity index (χ2v) is 6.57. The molecule has 122 valence electrons. The molecule has 0 bridgehead atoms. The summed E-state index contributed by atoms with van der Waals surface area (Å²) in [6.45, 7) is 8.19. The van der Waals surface area contributed by atoms with Gasteiger partial charge in [0.2, 0.25) is 0 Å². The lowest BCUT2D eigenvalue weighted by Gasteiger charge is -2.21. The molecule has 0 aromatic heterocycles. The highest BCUT2D eigenvalue weighted by Gasteiger charge is 2.23. The highest BCUT2D eigenvalue weighted by atomic mass is 16.7. The number of hydrogen-bond donors (Lipinski definition) is 0. The van der Waals surface area contributed by atoms with Crippen LogP contribution in [0.4, 0.5) is 0 Å². The molecule has 2 aliphatic heterocycles. The standard InChI is InChI=1S/C18H27NO3/c1-14-11-18(21-13-14)22-17-7-3-6-16(12-17)20-10-9-19-8-4-5-15(19)2/h3,6-7,12,14-15,18H,4-5,8-11,13H2,1-2H3/t14-,15?,18?/m1/s1. The van der Waals surface area contributed by atoms with E-state index < -0.39 is 0 Å². The molecule has 2 heterocycles. The molecule has 0 N–H and O–H groups in total. The number of rotatable bonds is 6. The molecule has 0 spiro atoms. The van der Waals surface area contributed by atoms with Gasteiger partial charge in [0.15, 0.2) is 6.29 Å². The van der Waals surface area contributed by atoms with Crippen LogP contribution in [0.1, 0.15) is 33.1 Å². The van der Waals surface area contributed by atoms with Crippen molar-refractivity contribution in [2.75, 3.05) is 26.3 Å². The van der Waals surface area contributed by atoms with E-state index in [1.54, 1.807) is 0 Å². The van der Waals surface area contributed by atoms with Crippen LogP contribution in [0.25, 0.3) is 0 Å². The van der Waals surface area contributed by atoms with E-state index in [9.17, 15) is 0 Å². The summed E-state index contributed by atoms with van der Waals surface area (Å²) in [7, 11) is 0. The van der Waals surface area contributed by atoms with Gasteiger partial charge in [-0.25, -0.2) is 0 Å². The zero-order valence-corrected chi connectivity index (χ0v) is 13.7. The Morgan fingerprint density at radius 1 is 1.27 bits per heavy atom. The molecule has 1 aromatic rings. The van der Waals surface area contributed by atoms with E-state index >= 15 is 0 Å². The smallest absolute Gasteiger partial charge is 0.200 e. The van der Waals surface area contributed by atoms with Crippen molar-refractivity contribution in [1.29, 1.82) is 0 Å². The van der Waals surface area contributed by atoms with Crippen LogP contribution in [-0.2, 0) is 4.74 Å². The fourth-order valence-corrected chi connectivity index (χ4v) is 3.21. The molecule has 2 saturated heterocycles. The van der Waals surface area contributed by atoms with Crippen LogP contribution in [0.2, 0.25) is 0 Å². The minimum Gasteiger partial charge on any atom is -0.492 e. The van der Waals surface area contributed by atoms with Gasteiger partial charge in [-0.2, -0.15) is 0 Å². The predicted molar refractivity (Wildman–Crippen MR) is 86.4 cm³/mol. The number of hydrogen-bond acceptors (Lipinski definition) is 4. The molecule has 2 aliphatic rings. The van der Waals surface area contributed by atoms with E-state index in [0.29, 0.717) is 12.0 Å². The molecule has 0 amide bonds. The fraction of sp³-hybridized carbons (Fsp3) is 0.667. The maximum atomic E-state index is 5.88. The number of ether oxygens (including phenoxy) is 3. The fourth-order valence-electron chi connectivity index (χ4n) is 3.21. The average Bonchev–Trinajstić information content (AvgIpc) is 3.09. The van der Waals surface area contributed by atoms with E-state index in [-0.39, 0.29) is 6.29 Å². The molecular formula is C18H27NO3. The van der Waals surface area contributed by atoms with Gasteiger partial charge in [-0.1, -0.05) is 13.0 Å². The summed E-state index contributed by atoms with van der Waals surface area (Å²) in [5.41, 5.74) is 0. The Morgan fingerprint density at radius 2 is 2.14 bits per heavy atom. The maximum absolute atomic E-state index is 5.88. The molecule has 3 atom stereocenters. The molecule has 0 radical (unpaired) electrons. The first-order valence-corrected chi connectivity index (χ1v) is 8.46. The Kier molecular flexibility index (Phi) is 5.21. The summed E-state index contributed by atoms with van der Waals surface area (Å²) in [6, 6.07) is 8.57. The van der Waals surface area contributed by atoms with Crippen molar-refractivity contribution in [2.45, 2.75) is 45.4 Å². The Hall–Kier alpha value is -1.26. The van der Waals surface area contributed by atoms with Crippen molar-refractivity contribution in [2.24, 2.45) is 5.92 Å². The van der Waals surface area contributed by atoms with Gasteiger partial charge < -0.3 is 14.2 Å². The van der Waals surface area contributed by atoms with Crippen molar-refractivity contribution in [3.8, 4) is 11.5 Å². The first-order valence-electron chi connectivity index (χ1n) is 8.46. The lowest BCUT2D eigenvalue weighted by molar-refractivity contribution is -0.0394. The molecule has 3 rings (SSSR count). The largest absolute Gasteiger partial charge is 0.492 e. The van der Waals surface area contributed by atoms with Gasteiger partial charge in [0, 0.05) is 25.1 Å². The van der Waals surface area contributed by atoms with Crippen molar-refractivity contribution < 1.29 is 14.2 Å². The summed E-state index contributed by atoms with van der Waals surface area (Å²) in [6.07, 6.45) is 3.46. The van der Waals surface area contributed by atoms with Crippen LogP contribution in [0, 0.1) is 5.92 Å². The molecular weight excluding hydrogens is 278 g/mol. The van der Waals surface area contributed by atoms with E-state index in [0.717, 1.165) is 37.7 Å². The highest BCUT2D eigenvalue weighted by Crippen LogP contribution is 2.25. The molecule has 1 aromatic carbocycles. The molecule has 0 aliphatic carbocycles. The zero-order chi connectivity index (χ0) is 15.4. The summed E-state index contributed by atoms with van der Waals surface area (Å²) >= 11 is 0. The average molecular weight is 305 g/mol. The highest BCUT2D eigenvalue weighted by molar-refractivity contribution is 5.33. The van der Waals surface area contributed by atoms with Gasteiger partial charge in [-0.15, -0.1) is 0 Å². The zero-order valence-electron chi connectivity index (χ0n) is 13.7. The van der Waals surface area contributed by atoms with Crippen LogP contribution in [0.3, 0.4) is 0 Å². The second-order valence-electron chi connectivity index (χ2n) is 6.57. The molecule has 22 heavy (non-hydrogen) atoms. The predicted octanol–water partition coefficient (Wildman–Crippen LogP) is 3.31. The molecule has 4 nitrogen and oxygen atoms in total. The lowest BCUT2D eigenvalue weighted by Crippen LogP contribution is -2.31. The van der Waals surface area contributed by atoms with Gasteiger partial charge in [0.05, 0.1) is 6.61 Å². The normalized spacial score (nSPS) is 28.9. The van der Waals surface area contributed by atoms with Gasteiger partial charge in [0.1, 0.15) is 18.1 Å². The Labute approximate surface area is 133 Å². The Bertz CT molecular complexity index is 479. The number of likely N-dealkylation sites (tertiary alicyclic amines) is 1. The lowest BCUT2D eigenvalue weighted by atomic mass is 10.1. The van der Waals surface area contributed by atoms with Gasteiger partial charge in [0.25, 0.3) is 0 Å². The maximum Gasteiger partial charge on any atom is 0.200 e.